The second-order valence-corrected chi connectivity index (χ2v) is 5.12. The van der Waals surface area contributed by atoms with Gasteiger partial charge in [-0.05, 0) is 20.3 Å². The van der Waals surface area contributed by atoms with Crippen LogP contribution in [0.4, 0.5) is 0 Å². The van der Waals surface area contributed by atoms with E-state index in [1.165, 1.54) is 62.9 Å². The summed E-state index contributed by atoms with van der Waals surface area (Å²) in [5.74, 6) is 1.17. The summed E-state index contributed by atoms with van der Waals surface area (Å²) < 4.78 is 0. The third kappa shape index (κ3) is 5.90. The quantitative estimate of drug-likeness (QED) is 0.618. The molecule has 1 aromatic heterocycles. The Bertz CT molecular complexity index is 282. The fraction of sp³-hybridized carbons (Fsp3) is 0.800. The van der Waals surface area contributed by atoms with Gasteiger partial charge in [-0.15, -0.1) is 0 Å². The Morgan fingerprint density at radius 3 is 2.00 bits per heavy atom. The van der Waals surface area contributed by atoms with Crippen LogP contribution in [-0.4, -0.2) is 9.97 Å². The van der Waals surface area contributed by atoms with Crippen molar-refractivity contribution in [1.82, 2.24) is 9.97 Å². The largest absolute Gasteiger partial charge is 0.346 e. The highest BCUT2D eigenvalue weighted by molar-refractivity contribution is 5.10. The van der Waals surface area contributed by atoms with Crippen molar-refractivity contribution in [2.24, 2.45) is 0 Å². The maximum Gasteiger partial charge on any atom is 0.106 e. The zero-order valence-electron chi connectivity index (χ0n) is 11.8. The summed E-state index contributed by atoms with van der Waals surface area (Å²) in [5.41, 5.74) is 2.37. The SMILES string of the molecule is CCCCCCCCCCc1nc(C)c(C)[nH]1. The molecule has 0 radical (unpaired) electrons. The molecule has 0 saturated heterocycles. The van der Waals surface area contributed by atoms with E-state index in [9.17, 15) is 0 Å². The van der Waals surface area contributed by atoms with E-state index in [1.54, 1.807) is 0 Å². The zero-order valence-corrected chi connectivity index (χ0v) is 11.8. The molecular formula is C15H28N2. The van der Waals surface area contributed by atoms with Gasteiger partial charge in [-0.2, -0.15) is 0 Å². The lowest BCUT2D eigenvalue weighted by molar-refractivity contribution is 0.572. The highest BCUT2D eigenvalue weighted by Gasteiger charge is 2.01. The standard InChI is InChI=1S/C15H28N2/c1-4-5-6-7-8-9-10-11-12-15-16-13(2)14(3)17-15/h4-12H2,1-3H3,(H,16,17). The van der Waals surface area contributed by atoms with Gasteiger partial charge in [-0.25, -0.2) is 4.98 Å². The molecule has 0 amide bonds. The average molecular weight is 236 g/mol. The molecule has 1 heterocycles. The molecule has 0 saturated carbocycles. The number of hydrogen-bond donors (Lipinski definition) is 1. The Morgan fingerprint density at radius 2 is 1.47 bits per heavy atom. The Balaban J connectivity index is 1.97. The predicted molar refractivity (Wildman–Crippen MR) is 74.4 cm³/mol. The molecule has 1 N–H and O–H groups in total. The third-order valence-electron chi connectivity index (χ3n) is 3.44. The zero-order chi connectivity index (χ0) is 12.5. The molecule has 2 nitrogen and oxygen atoms in total. The van der Waals surface area contributed by atoms with Gasteiger partial charge < -0.3 is 4.98 Å². The molecule has 0 aliphatic carbocycles. The number of aryl methyl sites for hydroxylation is 3. The topological polar surface area (TPSA) is 28.7 Å². The molecule has 0 aliphatic heterocycles. The Labute approximate surface area is 106 Å². The summed E-state index contributed by atoms with van der Waals surface area (Å²) in [5, 5.41) is 0. The summed E-state index contributed by atoms with van der Waals surface area (Å²) in [4.78, 5) is 7.86. The van der Waals surface area contributed by atoms with Crippen molar-refractivity contribution in [1.29, 1.82) is 0 Å². The van der Waals surface area contributed by atoms with Gasteiger partial charge in [0.2, 0.25) is 0 Å². The number of rotatable bonds is 9. The fourth-order valence-electron chi connectivity index (χ4n) is 2.17. The van der Waals surface area contributed by atoms with Gasteiger partial charge in [-0.3, -0.25) is 0 Å². The van der Waals surface area contributed by atoms with Crippen molar-refractivity contribution in [2.45, 2.75) is 78.6 Å². The monoisotopic (exact) mass is 236 g/mol. The molecule has 98 valence electrons. The van der Waals surface area contributed by atoms with E-state index >= 15 is 0 Å². The Hall–Kier alpha value is -0.790. The first-order valence-corrected chi connectivity index (χ1v) is 7.26. The number of H-pyrrole nitrogens is 1. The van der Waals surface area contributed by atoms with Crippen LogP contribution in [0.25, 0.3) is 0 Å². The van der Waals surface area contributed by atoms with Crippen LogP contribution < -0.4 is 0 Å². The first kappa shape index (κ1) is 14.3. The van der Waals surface area contributed by atoms with Crippen molar-refractivity contribution in [2.75, 3.05) is 0 Å². The van der Waals surface area contributed by atoms with Crippen molar-refractivity contribution in [3.8, 4) is 0 Å². The lowest BCUT2D eigenvalue weighted by atomic mass is 10.1. The van der Waals surface area contributed by atoms with Gasteiger partial charge in [-0.1, -0.05) is 51.9 Å². The number of aromatic nitrogens is 2. The molecule has 0 unspecified atom stereocenters. The lowest BCUT2D eigenvalue weighted by Crippen LogP contribution is -1.89. The van der Waals surface area contributed by atoms with Crippen LogP contribution in [0.2, 0.25) is 0 Å². The van der Waals surface area contributed by atoms with Crippen LogP contribution in [0.3, 0.4) is 0 Å². The van der Waals surface area contributed by atoms with E-state index in [4.69, 9.17) is 0 Å². The van der Waals surface area contributed by atoms with E-state index in [0.717, 1.165) is 12.1 Å². The number of unbranched alkanes of at least 4 members (excludes halogenated alkanes) is 7. The van der Waals surface area contributed by atoms with Gasteiger partial charge in [0.25, 0.3) is 0 Å². The minimum Gasteiger partial charge on any atom is -0.346 e. The summed E-state index contributed by atoms with van der Waals surface area (Å²) in [6, 6.07) is 0. The van der Waals surface area contributed by atoms with Gasteiger partial charge in [0.15, 0.2) is 0 Å². The van der Waals surface area contributed by atoms with E-state index in [-0.39, 0.29) is 0 Å². The minimum atomic E-state index is 1.11. The summed E-state index contributed by atoms with van der Waals surface area (Å²) in [6.07, 6.45) is 12.1. The highest BCUT2D eigenvalue weighted by Crippen LogP contribution is 2.11. The molecule has 2 heteroatoms. The first-order chi connectivity index (χ1) is 8.24. The van der Waals surface area contributed by atoms with Gasteiger partial charge in [0.1, 0.15) is 5.82 Å². The molecule has 0 aliphatic rings. The maximum atomic E-state index is 4.51. The number of nitrogens with zero attached hydrogens (tertiary/aromatic N) is 1. The van der Waals surface area contributed by atoms with E-state index in [2.05, 4.69) is 30.7 Å². The number of hydrogen-bond acceptors (Lipinski definition) is 1. The smallest absolute Gasteiger partial charge is 0.106 e. The van der Waals surface area contributed by atoms with E-state index in [0.29, 0.717) is 0 Å². The molecule has 1 aromatic rings. The van der Waals surface area contributed by atoms with Gasteiger partial charge in [0, 0.05) is 12.1 Å². The van der Waals surface area contributed by atoms with Crippen LogP contribution in [-0.2, 0) is 6.42 Å². The van der Waals surface area contributed by atoms with Crippen molar-refractivity contribution in [3.05, 3.63) is 17.2 Å². The number of nitrogens with one attached hydrogen (secondary N) is 1. The lowest BCUT2D eigenvalue weighted by Gasteiger charge is -2.00. The second kappa shape index (κ2) is 8.32. The van der Waals surface area contributed by atoms with Crippen LogP contribution in [0.5, 0.6) is 0 Å². The van der Waals surface area contributed by atoms with Crippen LogP contribution in [0.1, 0.15) is 75.5 Å². The summed E-state index contributed by atoms with van der Waals surface area (Å²) in [7, 11) is 0. The van der Waals surface area contributed by atoms with Crippen LogP contribution in [0, 0.1) is 13.8 Å². The van der Waals surface area contributed by atoms with Gasteiger partial charge >= 0.3 is 0 Å². The molecule has 17 heavy (non-hydrogen) atoms. The van der Waals surface area contributed by atoms with Crippen molar-refractivity contribution in [3.63, 3.8) is 0 Å². The van der Waals surface area contributed by atoms with Crippen molar-refractivity contribution < 1.29 is 0 Å². The summed E-state index contributed by atoms with van der Waals surface area (Å²) >= 11 is 0. The predicted octanol–water partition coefficient (Wildman–Crippen LogP) is 4.71. The molecule has 0 atom stereocenters. The fourth-order valence-corrected chi connectivity index (χ4v) is 2.17. The Morgan fingerprint density at radius 1 is 0.882 bits per heavy atom. The number of imidazole rings is 1. The summed E-state index contributed by atoms with van der Waals surface area (Å²) in [6.45, 7) is 6.44. The first-order valence-electron chi connectivity index (χ1n) is 7.26. The molecule has 1 rings (SSSR count). The van der Waals surface area contributed by atoms with Gasteiger partial charge in [0.05, 0.1) is 5.69 Å². The van der Waals surface area contributed by atoms with E-state index < -0.39 is 0 Å². The van der Waals surface area contributed by atoms with Crippen molar-refractivity contribution >= 4 is 0 Å². The molecule has 0 bridgehead atoms. The number of aromatic amines is 1. The highest BCUT2D eigenvalue weighted by atomic mass is 14.9. The maximum absolute atomic E-state index is 4.51. The molecule has 0 aromatic carbocycles. The third-order valence-corrected chi connectivity index (χ3v) is 3.44. The minimum absolute atomic E-state index is 1.11. The molecule has 0 spiro atoms. The van der Waals surface area contributed by atoms with Crippen LogP contribution in [0.15, 0.2) is 0 Å². The molecular weight excluding hydrogens is 208 g/mol. The van der Waals surface area contributed by atoms with Crippen LogP contribution >= 0.6 is 0 Å². The average Bonchev–Trinajstić information content (AvgIpc) is 2.62. The second-order valence-electron chi connectivity index (χ2n) is 5.12. The normalized spacial score (nSPS) is 11.0. The van der Waals surface area contributed by atoms with E-state index in [1.807, 2.05) is 0 Å². The molecule has 0 fully saturated rings. The Kier molecular flexibility index (Phi) is 6.99.